The first-order chi connectivity index (χ1) is 9.40. The highest BCUT2D eigenvalue weighted by Gasteiger charge is 2.20. The number of ether oxygens (including phenoxy) is 2. The van der Waals surface area contributed by atoms with E-state index in [4.69, 9.17) is 10.5 Å². The van der Waals surface area contributed by atoms with E-state index in [1.807, 2.05) is 27.0 Å². The van der Waals surface area contributed by atoms with E-state index in [0.29, 0.717) is 6.54 Å². The number of nitrogens with two attached hydrogens (primary N) is 1. The van der Waals surface area contributed by atoms with Crippen LogP contribution in [0, 0.1) is 0 Å². The van der Waals surface area contributed by atoms with E-state index < -0.39 is 6.61 Å². The molecule has 20 heavy (non-hydrogen) atoms. The molecule has 1 aromatic carbocycles. The maximum atomic E-state index is 12.4. The molecule has 1 unspecified atom stereocenters. The fourth-order valence-corrected chi connectivity index (χ4v) is 1.99. The van der Waals surface area contributed by atoms with E-state index >= 15 is 0 Å². The molecule has 0 saturated heterocycles. The van der Waals surface area contributed by atoms with Crippen LogP contribution in [0.5, 0.6) is 11.5 Å². The second kappa shape index (κ2) is 7.40. The highest BCUT2D eigenvalue weighted by Crippen LogP contribution is 2.33. The van der Waals surface area contributed by atoms with Crippen LogP contribution in [0.2, 0.25) is 0 Å². The third kappa shape index (κ3) is 4.05. The monoisotopic (exact) mass is 288 g/mol. The largest absolute Gasteiger partial charge is 0.493 e. The number of halogens is 2. The van der Waals surface area contributed by atoms with E-state index in [9.17, 15) is 8.78 Å². The number of likely N-dealkylation sites (N-methyl/N-ethyl adjacent to an activating group) is 1. The van der Waals surface area contributed by atoms with Crippen molar-refractivity contribution in [3.63, 3.8) is 0 Å². The molecule has 6 heteroatoms. The molecule has 0 aliphatic rings. The molecular weight excluding hydrogens is 266 g/mol. The number of nitrogens with zero attached hydrogens (tertiary/aromatic N) is 1. The van der Waals surface area contributed by atoms with Crippen LogP contribution in [0.15, 0.2) is 18.2 Å². The lowest BCUT2D eigenvalue weighted by Crippen LogP contribution is -2.35. The van der Waals surface area contributed by atoms with Gasteiger partial charge in [0.1, 0.15) is 0 Å². The quantitative estimate of drug-likeness (QED) is 0.838. The van der Waals surface area contributed by atoms with Crippen molar-refractivity contribution in [1.29, 1.82) is 0 Å². The Morgan fingerprint density at radius 3 is 2.35 bits per heavy atom. The van der Waals surface area contributed by atoms with E-state index in [0.717, 1.165) is 5.56 Å². The van der Waals surface area contributed by atoms with Gasteiger partial charge in [-0.1, -0.05) is 6.07 Å². The maximum absolute atomic E-state index is 12.4. The first-order valence-electron chi connectivity index (χ1n) is 6.45. The predicted molar refractivity (Wildman–Crippen MR) is 74.3 cm³/mol. The number of hydrogen-bond acceptors (Lipinski definition) is 4. The molecule has 0 heterocycles. The summed E-state index contributed by atoms with van der Waals surface area (Å²) in [6.45, 7) is 1.58. The lowest BCUT2D eigenvalue weighted by Gasteiger charge is -2.31. The molecule has 1 aromatic rings. The summed E-state index contributed by atoms with van der Waals surface area (Å²) in [4.78, 5) is 2.08. The first kappa shape index (κ1) is 16.7. The molecule has 1 atom stereocenters. The molecule has 114 valence electrons. The predicted octanol–water partition coefficient (Wildman–Crippen LogP) is 2.64. The minimum atomic E-state index is -2.89. The van der Waals surface area contributed by atoms with Gasteiger partial charge in [-0.05, 0) is 38.6 Å². The average molecular weight is 288 g/mol. The van der Waals surface area contributed by atoms with Crippen molar-refractivity contribution >= 4 is 0 Å². The molecule has 0 aliphatic carbocycles. The van der Waals surface area contributed by atoms with Crippen molar-refractivity contribution in [3.8, 4) is 11.5 Å². The lowest BCUT2D eigenvalue weighted by molar-refractivity contribution is -0.0513. The molecule has 2 N–H and O–H groups in total. The standard InChI is InChI=1S/C14H22F2N2O2/c1-9(2)18(3)11(8-17)10-5-6-12(19-4)13(7-10)20-14(15)16/h5-7,9,11,14H,8,17H2,1-4H3. The lowest BCUT2D eigenvalue weighted by atomic mass is 10.0. The normalized spacial score (nSPS) is 13.1. The summed E-state index contributed by atoms with van der Waals surface area (Å²) in [6, 6.07) is 5.20. The average Bonchev–Trinajstić information content (AvgIpc) is 2.39. The molecule has 0 fully saturated rings. The van der Waals surface area contributed by atoms with Crippen LogP contribution < -0.4 is 15.2 Å². The summed E-state index contributed by atoms with van der Waals surface area (Å²) in [5.41, 5.74) is 6.62. The number of rotatable bonds is 7. The van der Waals surface area contributed by atoms with E-state index in [2.05, 4.69) is 9.64 Å². The van der Waals surface area contributed by atoms with Gasteiger partial charge in [-0.25, -0.2) is 0 Å². The van der Waals surface area contributed by atoms with E-state index in [1.165, 1.54) is 7.11 Å². The van der Waals surface area contributed by atoms with E-state index in [1.54, 1.807) is 12.1 Å². The molecule has 0 spiro atoms. The van der Waals surface area contributed by atoms with Gasteiger partial charge < -0.3 is 15.2 Å². The zero-order valence-corrected chi connectivity index (χ0v) is 12.3. The molecular formula is C14H22F2N2O2. The van der Waals surface area contributed by atoms with Gasteiger partial charge in [-0.2, -0.15) is 8.78 Å². The van der Waals surface area contributed by atoms with Gasteiger partial charge in [0.05, 0.1) is 7.11 Å². The smallest absolute Gasteiger partial charge is 0.387 e. The minimum Gasteiger partial charge on any atom is -0.493 e. The Labute approximate surface area is 118 Å². The summed E-state index contributed by atoms with van der Waals surface area (Å²) in [5, 5.41) is 0. The summed E-state index contributed by atoms with van der Waals surface area (Å²) in [5.74, 6) is 0.299. The van der Waals surface area contributed by atoms with Gasteiger partial charge in [0.25, 0.3) is 0 Å². The molecule has 0 aromatic heterocycles. The molecule has 0 bridgehead atoms. The Kier molecular flexibility index (Phi) is 6.16. The van der Waals surface area contributed by atoms with Gasteiger partial charge in [0, 0.05) is 18.6 Å². The number of benzene rings is 1. The first-order valence-corrected chi connectivity index (χ1v) is 6.45. The van der Waals surface area contributed by atoms with Gasteiger partial charge in [0.15, 0.2) is 11.5 Å². The third-order valence-corrected chi connectivity index (χ3v) is 3.32. The number of alkyl halides is 2. The zero-order chi connectivity index (χ0) is 15.3. The van der Waals surface area contributed by atoms with Crippen LogP contribution in [-0.4, -0.2) is 38.3 Å². The van der Waals surface area contributed by atoms with Gasteiger partial charge in [-0.3, -0.25) is 4.90 Å². The van der Waals surface area contributed by atoms with Crippen LogP contribution in [0.4, 0.5) is 8.78 Å². The van der Waals surface area contributed by atoms with Crippen LogP contribution >= 0.6 is 0 Å². The zero-order valence-electron chi connectivity index (χ0n) is 12.3. The molecule has 0 radical (unpaired) electrons. The van der Waals surface area contributed by atoms with Crippen molar-refractivity contribution in [1.82, 2.24) is 4.90 Å². The molecule has 0 amide bonds. The maximum Gasteiger partial charge on any atom is 0.387 e. The second-order valence-electron chi connectivity index (χ2n) is 4.80. The highest BCUT2D eigenvalue weighted by atomic mass is 19.3. The Hall–Kier alpha value is -1.40. The van der Waals surface area contributed by atoms with Crippen molar-refractivity contribution < 1.29 is 18.3 Å². The second-order valence-corrected chi connectivity index (χ2v) is 4.80. The van der Waals surface area contributed by atoms with Gasteiger partial charge >= 0.3 is 6.61 Å². The topological polar surface area (TPSA) is 47.7 Å². The van der Waals surface area contributed by atoms with E-state index in [-0.39, 0.29) is 23.6 Å². The Morgan fingerprint density at radius 2 is 1.90 bits per heavy atom. The third-order valence-electron chi connectivity index (χ3n) is 3.32. The fourth-order valence-electron chi connectivity index (χ4n) is 1.99. The SMILES string of the molecule is COc1ccc(C(CN)N(C)C(C)C)cc1OC(F)F. The Bertz CT molecular complexity index is 428. The number of methoxy groups -OCH3 is 1. The molecule has 0 aliphatic heterocycles. The summed E-state index contributed by atoms with van der Waals surface area (Å²) < 4.78 is 34.4. The van der Waals surface area contributed by atoms with Crippen molar-refractivity contribution in [2.75, 3.05) is 20.7 Å². The Balaban J connectivity index is 3.11. The van der Waals surface area contributed by atoms with Crippen LogP contribution in [0.25, 0.3) is 0 Å². The minimum absolute atomic E-state index is 0.0237. The Morgan fingerprint density at radius 1 is 1.25 bits per heavy atom. The highest BCUT2D eigenvalue weighted by molar-refractivity contribution is 5.44. The molecule has 1 rings (SSSR count). The van der Waals surface area contributed by atoms with Gasteiger partial charge in [0.2, 0.25) is 0 Å². The summed E-state index contributed by atoms with van der Waals surface area (Å²) >= 11 is 0. The van der Waals surface area contributed by atoms with Crippen molar-refractivity contribution in [2.45, 2.75) is 32.5 Å². The van der Waals surface area contributed by atoms with Crippen molar-refractivity contribution in [3.05, 3.63) is 23.8 Å². The van der Waals surface area contributed by atoms with Crippen LogP contribution in [-0.2, 0) is 0 Å². The molecule has 0 saturated carbocycles. The summed E-state index contributed by atoms with van der Waals surface area (Å²) in [7, 11) is 3.36. The molecule has 4 nitrogen and oxygen atoms in total. The number of hydrogen-bond donors (Lipinski definition) is 1. The van der Waals surface area contributed by atoms with Crippen LogP contribution in [0.3, 0.4) is 0 Å². The summed E-state index contributed by atoms with van der Waals surface area (Å²) in [6.07, 6.45) is 0. The van der Waals surface area contributed by atoms with Crippen LogP contribution in [0.1, 0.15) is 25.5 Å². The fraction of sp³-hybridized carbons (Fsp3) is 0.571. The van der Waals surface area contributed by atoms with Crippen molar-refractivity contribution in [2.24, 2.45) is 5.73 Å². The van der Waals surface area contributed by atoms with Gasteiger partial charge in [-0.15, -0.1) is 0 Å².